The molecule has 0 aromatic heterocycles. The van der Waals surface area contributed by atoms with Crippen molar-refractivity contribution in [2.24, 2.45) is 5.92 Å². The first-order valence-corrected chi connectivity index (χ1v) is 13.1. The molecule has 3 amide bonds. The monoisotopic (exact) mass is 513 g/mol. The maximum Gasteiger partial charge on any atom is 0.262 e. The second-order valence-electron chi connectivity index (χ2n) is 9.90. The molecular weight excluding hydrogens is 478 g/mol. The van der Waals surface area contributed by atoms with Crippen LogP contribution in [0, 0.1) is 5.92 Å². The Morgan fingerprint density at radius 3 is 2.24 bits per heavy atom. The predicted octanol–water partition coefficient (Wildman–Crippen LogP) is 5.06. The van der Waals surface area contributed by atoms with Crippen LogP contribution >= 0.6 is 0 Å². The van der Waals surface area contributed by atoms with E-state index in [9.17, 15) is 14.4 Å². The number of ether oxygens (including phenoxy) is 1. The molecule has 4 rings (SSSR count). The van der Waals surface area contributed by atoms with Gasteiger partial charge in [0.1, 0.15) is 5.75 Å². The summed E-state index contributed by atoms with van der Waals surface area (Å²) < 4.78 is 5.60. The van der Waals surface area contributed by atoms with Crippen LogP contribution in [0.3, 0.4) is 0 Å². The van der Waals surface area contributed by atoms with Gasteiger partial charge in [-0.15, -0.1) is 0 Å². The van der Waals surface area contributed by atoms with Crippen molar-refractivity contribution >= 4 is 29.1 Å². The number of rotatable bonds is 10. The summed E-state index contributed by atoms with van der Waals surface area (Å²) in [5.74, 6) is 0.122. The molecule has 0 unspecified atom stereocenters. The second kappa shape index (κ2) is 12.4. The van der Waals surface area contributed by atoms with Gasteiger partial charge < -0.3 is 20.3 Å². The van der Waals surface area contributed by atoms with Crippen molar-refractivity contribution in [3.8, 4) is 5.75 Å². The molecule has 1 atom stereocenters. The standard InChI is InChI=1S/C31H35N3O4/c1-4-22-7-11-26(12-8-22)33-29(35)20-38-28-15-13-27(14-16-28)34-19-25(17-30(34)36)31(37)32-18-23-5-9-24(10-6-23)21(2)3/h5-16,21,25H,4,17-20H2,1-3H3,(H,32,37)(H,33,35)/t25-/m1/s1. The largest absolute Gasteiger partial charge is 0.484 e. The summed E-state index contributed by atoms with van der Waals surface area (Å²) in [4.78, 5) is 39.2. The van der Waals surface area contributed by atoms with E-state index in [-0.39, 0.29) is 30.7 Å². The Bertz CT molecular complexity index is 1250. The van der Waals surface area contributed by atoms with Gasteiger partial charge >= 0.3 is 0 Å². The molecular formula is C31H35N3O4. The molecule has 0 spiro atoms. The summed E-state index contributed by atoms with van der Waals surface area (Å²) in [5, 5.41) is 5.78. The van der Waals surface area contributed by atoms with E-state index in [4.69, 9.17) is 4.74 Å². The zero-order valence-electron chi connectivity index (χ0n) is 22.2. The van der Waals surface area contributed by atoms with Gasteiger partial charge in [-0.2, -0.15) is 0 Å². The quantitative estimate of drug-likeness (QED) is 0.397. The smallest absolute Gasteiger partial charge is 0.262 e. The molecule has 198 valence electrons. The molecule has 1 aliphatic heterocycles. The molecule has 2 N–H and O–H groups in total. The van der Waals surface area contributed by atoms with Crippen molar-refractivity contribution < 1.29 is 19.1 Å². The number of hydrogen-bond donors (Lipinski definition) is 2. The van der Waals surface area contributed by atoms with Crippen molar-refractivity contribution in [1.29, 1.82) is 0 Å². The highest BCUT2D eigenvalue weighted by molar-refractivity contribution is 6.00. The lowest BCUT2D eigenvalue weighted by atomic mass is 10.0. The number of hydrogen-bond acceptors (Lipinski definition) is 4. The summed E-state index contributed by atoms with van der Waals surface area (Å²) in [6.45, 7) is 7.01. The molecule has 3 aromatic carbocycles. The van der Waals surface area contributed by atoms with Crippen LogP contribution in [0.15, 0.2) is 72.8 Å². The van der Waals surface area contributed by atoms with Crippen molar-refractivity contribution in [2.45, 2.75) is 46.1 Å². The maximum absolute atomic E-state index is 12.7. The van der Waals surface area contributed by atoms with E-state index in [1.54, 1.807) is 29.2 Å². The van der Waals surface area contributed by atoms with Gasteiger partial charge in [0.2, 0.25) is 11.8 Å². The summed E-state index contributed by atoms with van der Waals surface area (Å²) in [6, 6.07) is 22.9. The van der Waals surface area contributed by atoms with Crippen LogP contribution in [0.1, 0.15) is 49.8 Å². The first kappa shape index (κ1) is 26.9. The van der Waals surface area contributed by atoms with Gasteiger partial charge in [-0.3, -0.25) is 14.4 Å². The van der Waals surface area contributed by atoms with Crippen molar-refractivity contribution in [3.05, 3.63) is 89.5 Å². The number of aryl methyl sites for hydroxylation is 1. The molecule has 38 heavy (non-hydrogen) atoms. The Balaban J connectivity index is 1.24. The van der Waals surface area contributed by atoms with Gasteiger partial charge in [0.05, 0.1) is 5.92 Å². The predicted molar refractivity (Wildman–Crippen MR) is 149 cm³/mol. The molecule has 3 aromatic rings. The summed E-state index contributed by atoms with van der Waals surface area (Å²) >= 11 is 0. The molecule has 0 aliphatic carbocycles. The van der Waals surface area contributed by atoms with Gasteiger partial charge in [-0.25, -0.2) is 0 Å². The highest BCUT2D eigenvalue weighted by atomic mass is 16.5. The zero-order valence-corrected chi connectivity index (χ0v) is 22.2. The van der Waals surface area contributed by atoms with Gasteiger partial charge in [0.25, 0.3) is 5.91 Å². The van der Waals surface area contributed by atoms with Crippen LogP contribution in [0.4, 0.5) is 11.4 Å². The third kappa shape index (κ3) is 7.00. The van der Waals surface area contributed by atoms with Gasteiger partial charge in [0.15, 0.2) is 6.61 Å². The highest BCUT2D eigenvalue weighted by Gasteiger charge is 2.35. The average Bonchev–Trinajstić information content (AvgIpc) is 3.33. The van der Waals surface area contributed by atoms with Crippen molar-refractivity contribution in [3.63, 3.8) is 0 Å². The van der Waals surface area contributed by atoms with E-state index in [0.29, 0.717) is 30.4 Å². The lowest BCUT2D eigenvalue weighted by molar-refractivity contribution is -0.126. The number of benzene rings is 3. The zero-order chi connectivity index (χ0) is 27.1. The number of carbonyl (C=O) groups excluding carboxylic acids is 3. The first-order valence-electron chi connectivity index (χ1n) is 13.1. The second-order valence-corrected chi connectivity index (χ2v) is 9.90. The van der Waals surface area contributed by atoms with E-state index in [0.717, 1.165) is 17.7 Å². The average molecular weight is 514 g/mol. The van der Waals surface area contributed by atoms with E-state index in [1.165, 1.54) is 11.1 Å². The van der Waals surface area contributed by atoms with Crippen LogP contribution in [-0.4, -0.2) is 30.9 Å². The summed E-state index contributed by atoms with van der Waals surface area (Å²) in [7, 11) is 0. The minimum Gasteiger partial charge on any atom is -0.484 e. The Morgan fingerprint density at radius 1 is 0.947 bits per heavy atom. The molecule has 7 nitrogen and oxygen atoms in total. The minimum absolute atomic E-state index is 0.0893. The number of anilines is 2. The molecule has 1 aliphatic rings. The molecule has 0 saturated carbocycles. The van der Waals surface area contributed by atoms with Crippen LogP contribution in [0.5, 0.6) is 5.75 Å². The number of carbonyl (C=O) groups is 3. The van der Waals surface area contributed by atoms with E-state index in [1.807, 2.05) is 36.4 Å². The Morgan fingerprint density at radius 2 is 1.61 bits per heavy atom. The maximum atomic E-state index is 12.7. The SMILES string of the molecule is CCc1ccc(NC(=O)COc2ccc(N3C[C@H](C(=O)NCc4ccc(C(C)C)cc4)CC3=O)cc2)cc1. The van der Waals surface area contributed by atoms with Crippen LogP contribution in [0.25, 0.3) is 0 Å². The normalized spacial score (nSPS) is 15.0. The molecule has 0 bridgehead atoms. The Labute approximate surface area is 224 Å². The Hall–Kier alpha value is -4.13. The summed E-state index contributed by atoms with van der Waals surface area (Å²) in [6.07, 6.45) is 1.12. The Kier molecular flexibility index (Phi) is 8.79. The van der Waals surface area contributed by atoms with E-state index >= 15 is 0 Å². The van der Waals surface area contributed by atoms with Crippen molar-refractivity contribution in [2.75, 3.05) is 23.4 Å². The fourth-order valence-corrected chi connectivity index (χ4v) is 4.38. The van der Waals surface area contributed by atoms with Crippen molar-refractivity contribution in [1.82, 2.24) is 5.32 Å². The van der Waals surface area contributed by atoms with Gasteiger partial charge in [-0.05, 0) is 65.4 Å². The third-order valence-corrected chi connectivity index (χ3v) is 6.77. The molecule has 0 radical (unpaired) electrons. The van der Waals surface area contributed by atoms with Crippen LogP contribution in [0.2, 0.25) is 0 Å². The first-order chi connectivity index (χ1) is 18.3. The third-order valence-electron chi connectivity index (χ3n) is 6.77. The molecule has 1 saturated heterocycles. The number of amides is 3. The fraction of sp³-hybridized carbons (Fsp3) is 0.323. The van der Waals surface area contributed by atoms with Crippen LogP contribution in [-0.2, 0) is 27.3 Å². The highest BCUT2D eigenvalue weighted by Crippen LogP contribution is 2.27. The van der Waals surface area contributed by atoms with E-state index < -0.39 is 5.92 Å². The van der Waals surface area contributed by atoms with Gasteiger partial charge in [-0.1, -0.05) is 57.2 Å². The molecule has 7 heteroatoms. The lowest BCUT2D eigenvalue weighted by Gasteiger charge is -2.17. The topological polar surface area (TPSA) is 87.7 Å². The fourth-order valence-electron chi connectivity index (χ4n) is 4.38. The summed E-state index contributed by atoms with van der Waals surface area (Å²) in [5.41, 5.74) is 4.91. The number of nitrogens with zero attached hydrogens (tertiary/aromatic N) is 1. The lowest BCUT2D eigenvalue weighted by Crippen LogP contribution is -2.32. The van der Waals surface area contributed by atoms with Gasteiger partial charge in [0, 0.05) is 30.9 Å². The minimum atomic E-state index is -0.400. The number of nitrogens with one attached hydrogen (secondary N) is 2. The van der Waals surface area contributed by atoms with E-state index in [2.05, 4.69) is 43.5 Å². The molecule has 1 fully saturated rings. The molecule has 1 heterocycles. The van der Waals surface area contributed by atoms with Crippen LogP contribution < -0.4 is 20.3 Å².